The van der Waals surface area contributed by atoms with Gasteiger partial charge in [0, 0.05) is 18.3 Å². The molecule has 0 radical (unpaired) electrons. The van der Waals surface area contributed by atoms with E-state index in [4.69, 9.17) is 9.47 Å². The molecule has 5 nitrogen and oxygen atoms in total. The average Bonchev–Trinajstić information content (AvgIpc) is 3.23. The molecule has 1 saturated heterocycles. The smallest absolute Gasteiger partial charge is 0.322 e. The Bertz CT molecular complexity index is 775. The van der Waals surface area contributed by atoms with E-state index in [0.29, 0.717) is 11.5 Å². The summed E-state index contributed by atoms with van der Waals surface area (Å²) in [5, 5.41) is 2.98. The number of hydrogen-bond acceptors (Lipinski definition) is 3. The second-order valence-electron chi connectivity index (χ2n) is 6.26. The number of aryl methyl sites for hydroxylation is 1. The Morgan fingerprint density at radius 1 is 1.17 bits per heavy atom. The number of nitrogens with one attached hydrogen (secondary N) is 1. The SMILES string of the molecule is Cc1cccc([C@H]2CCCN2C(=O)Nc2ccc3c(c2)OCO3)c1. The molecule has 24 heavy (non-hydrogen) atoms. The van der Waals surface area contributed by atoms with Crippen molar-refractivity contribution in [1.82, 2.24) is 4.90 Å². The van der Waals surface area contributed by atoms with E-state index in [9.17, 15) is 4.79 Å². The number of carbonyl (C=O) groups is 1. The van der Waals surface area contributed by atoms with Crippen molar-refractivity contribution in [2.45, 2.75) is 25.8 Å². The fraction of sp³-hybridized carbons (Fsp3) is 0.316. The Hall–Kier alpha value is -2.69. The summed E-state index contributed by atoms with van der Waals surface area (Å²) in [6.45, 7) is 3.08. The van der Waals surface area contributed by atoms with Crippen LogP contribution in [0.4, 0.5) is 10.5 Å². The quantitative estimate of drug-likeness (QED) is 0.905. The monoisotopic (exact) mass is 324 g/mol. The number of nitrogens with zero attached hydrogens (tertiary/aromatic N) is 1. The molecular weight excluding hydrogens is 304 g/mol. The zero-order valence-electron chi connectivity index (χ0n) is 13.6. The normalized spacial score (nSPS) is 18.7. The van der Waals surface area contributed by atoms with E-state index in [1.807, 2.05) is 17.0 Å². The van der Waals surface area contributed by atoms with Crippen molar-refractivity contribution < 1.29 is 14.3 Å². The highest BCUT2D eigenvalue weighted by atomic mass is 16.7. The van der Waals surface area contributed by atoms with Crippen LogP contribution in [0.15, 0.2) is 42.5 Å². The minimum atomic E-state index is -0.0714. The van der Waals surface area contributed by atoms with Crippen LogP contribution in [0.5, 0.6) is 11.5 Å². The Labute approximate surface area is 141 Å². The molecule has 0 spiro atoms. The molecule has 0 bridgehead atoms. The van der Waals surface area contributed by atoms with Gasteiger partial charge in [-0.3, -0.25) is 0 Å². The van der Waals surface area contributed by atoms with Crippen LogP contribution in [-0.4, -0.2) is 24.3 Å². The summed E-state index contributed by atoms with van der Waals surface area (Å²) in [5.41, 5.74) is 3.14. The molecule has 2 aromatic carbocycles. The third-order valence-electron chi connectivity index (χ3n) is 4.56. The van der Waals surface area contributed by atoms with Gasteiger partial charge in [-0.2, -0.15) is 0 Å². The number of hydrogen-bond donors (Lipinski definition) is 1. The number of benzene rings is 2. The molecule has 2 aliphatic heterocycles. The molecule has 1 N–H and O–H groups in total. The van der Waals surface area contributed by atoms with Gasteiger partial charge in [0.25, 0.3) is 0 Å². The molecule has 2 aromatic rings. The van der Waals surface area contributed by atoms with E-state index < -0.39 is 0 Å². The van der Waals surface area contributed by atoms with Gasteiger partial charge in [0.2, 0.25) is 6.79 Å². The van der Waals surface area contributed by atoms with Gasteiger partial charge in [-0.1, -0.05) is 29.8 Å². The molecule has 2 heterocycles. The minimum Gasteiger partial charge on any atom is -0.454 e. The molecule has 5 heteroatoms. The third kappa shape index (κ3) is 2.77. The van der Waals surface area contributed by atoms with Crippen LogP contribution in [0.1, 0.15) is 30.0 Å². The molecule has 1 atom stereocenters. The first-order chi connectivity index (χ1) is 11.7. The molecule has 2 amide bonds. The summed E-state index contributed by atoms with van der Waals surface area (Å²) < 4.78 is 10.7. The van der Waals surface area contributed by atoms with Gasteiger partial charge >= 0.3 is 6.03 Å². The molecule has 1 fully saturated rings. The second kappa shape index (κ2) is 6.07. The maximum atomic E-state index is 12.7. The molecule has 4 rings (SSSR count). The minimum absolute atomic E-state index is 0.0714. The van der Waals surface area contributed by atoms with E-state index in [-0.39, 0.29) is 18.9 Å². The number of likely N-dealkylation sites (tertiary alicyclic amines) is 1. The average molecular weight is 324 g/mol. The molecular formula is C19H20N2O3. The lowest BCUT2D eigenvalue weighted by Gasteiger charge is -2.25. The van der Waals surface area contributed by atoms with E-state index in [0.717, 1.165) is 25.1 Å². The van der Waals surface area contributed by atoms with Crippen LogP contribution in [-0.2, 0) is 0 Å². The predicted molar refractivity (Wildman–Crippen MR) is 91.4 cm³/mol. The van der Waals surface area contributed by atoms with Crippen molar-refractivity contribution in [3.05, 3.63) is 53.6 Å². The van der Waals surface area contributed by atoms with Gasteiger partial charge in [-0.15, -0.1) is 0 Å². The van der Waals surface area contributed by atoms with E-state index >= 15 is 0 Å². The topological polar surface area (TPSA) is 50.8 Å². The maximum Gasteiger partial charge on any atom is 0.322 e. The fourth-order valence-electron chi connectivity index (χ4n) is 3.40. The molecule has 0 aliphatic carbocycles. The zero-order chi connectivity index (χ0) is 16.5. The summed E-state index contributed by atoms with van der Waals surface area (Å²) in [7, 11) is 0. The van der Waals surface area contributed by atoms with Crippen LogP contribution >= 0.6 is 0 Å². The molecule has 0 saturated carbocycles. The number of ether oxygens (including phenoxy) is 2. The highest BCUT2D eigenvalue weighted by Crippen LogP contribution is 2.36. The first-order valence-electron chi connectivity index (χ1n) is 8.24. The number of amides is 2. The van der Waals surface area contributed by atoms with Crippen molar-refractivity contribution in [3.63, 3.8) is 0 Å². The predicted octanol–water partition coefficient (Wildman–Crippen LogP) is 4.09. The van der Waals surface area contributed by atoms with Crippen molar-refractivity contribution in [2.24, 2.45) is 0 Å². The first-order valence-corrected chi connectivity index (χ1v) is 8.24. The van der Waals surface area contributed by atoms with Crippen LogP contribution in [0, 0.1) is 6.92 Å². The van der Waals surface area contributed by atoms with Gasteiger partial charge in [-0.05, 0) is 37.5 Å². The van der Waals surface area contributed by atoms with E-state index in [1.54, 1.807) is 6.07 Å². The number of fused-ring (bicyclic) bond motifs is 1. The van der Waals surface area contributed by atoms with Crippen molar-refractivity contribution in [3.8, 4) is 11.5 Å². The number of rotatable bonds is 2. The summed E-state index contributed by atoms with van der Waals surface area (Å²) in [6.07, 6.45) is 2.02. The molecule has 124 valence electrons. The van der Waals surface area contributed by atoms with Crippen molar-refractivity contribution in [2.75, 3.05) is 18.7 Å². The zero-order valence-corrected chi connectivity index (χ0v) is 13.6. The number of carbonyl (C=O) groups excluding carboxylic acids is 1. The highest BCUT2D eigenvalue weighted by Gasteiger charge is 2.30. The third-order valence-corrected chi connectivity index (χ3v) is 4.56. The summed E-state index contributed by atoms with van der Waals surface area (Å²) >= 11 is 0. The summed E-state index contributed by atoms with van der Waals surface area (Å²) in [6, 6.07) is 13.9. The first kappa shape index (κ1) is 14.9. The lowest BCUT2D eigenvalue weighted by Crippen LogP contribution is -2.34. The van der Waals surface area contributed by atoms with E-state index in [1.165, 1.54) is 11.1 Å². The van der Waals surface area contributed by atoms with Crippen LogP contribution in [0.3, 0.4) is 0 Å². The lowest BCUT2D eigenvalue weighted by atomic mass is 10.0. The summed E-state index contributed by atoms with van der Waals surface area (Å²) in [4.78, 5) is 14.6. The molecule has 2 aliphatic rings. The molecule has 0 unspecified atom stereocenters. The second-order valence-corrected chi connectivity index (χ2v) is 6.26. The Balaban J connectivity index is 1.51. The number of urea groups is 1. The van der Waals surface area contributed by atoms with Crippen LogP contribution in [0.2, 0.25) is 0 Å². The Morgan fingerprint density at radius 3 is 2.92 bits per heavy atom. The standard InChI is InChI=1S/C19H20N2O3/c1-13-4-2-5-14(10-13)16-6-3-9-21(16)19(22)20-15-7-8-17-18(11-15)24-12-23-17/h2,4-5,7-8,10-11,16H,3,6,9,12H2,1H3,(H,20,22)/t16-/m1/s1. The highest BCUT2D eigenvalue weighted by molar-refractivity contribution is 5.90. The van der Waals surface area contributed by atoms with Crippen LogP contribution in [0.25, 0.3) is 0 Å². The fourth-order valence-corrected chi connectivity index (χ4v) is 3.40. The molecule has 0 aromatic heterocycles. The maximum absolute atomic E-state index is 12.7. The van der Waals surface area contributed by atoms with Gasteiger partial charge in [0.1, 0.15) is 0 Å². The van der Waals surface area contributed by atoms with Gasteiger partial charge in [0.15, 0.2) is 11.5 Å². The van der Waals surface area contributed by atoms with E-state index in [2.05, 4.69) is 36.5 Å². The van der Waals surface area contributed by atoms with Gasteiger partial charge in [-0.25, -0.2) is 4.79 Å². The largest absolute Gasteiger partial charge is 0.454 e. The van der Waals surface area contributed by atoms with Crippen LogP contribution < -0.4 is 14.8 Å². The summed E-state index contributed by atoms with van der Waals surface area (Å²) in [5.74, 6) is 1.39. The van der Waals surface area contributed by atoms with Crippen molar-refractivity contribution >= 4 is 11.7 Å². The Kier molecular flexibility index (Phi) is 3.76. The van der Waals surface area contributed by atoms with Gasteiger partial charge in [0.05, 0.1) is 6.04 Å². The Morgan fingerprint density at radius 2 is 2.04 bits per heavy atom. The lowest BCUT2D eigenvalue weighted by molar-refractivity contribution is 0.174. The van der Waals surface area contributed by atoms with Gasteiger partial charge < -0.3 is 19.7 Å². The van der Waals surface area contributed by atoms with Crippen molar-refractivity contribution in [1.29, 1.82) is 0 Å². The number of anilines is 1.